The van der Waals surface area contributed by atoms with Crippen LogP contribution in [0.2, 0.25) is 0 Å². The Balaban J connectivity index is 3.71. The van der Waals surface area contributed by atoms with Gasteiger partial charge in [-0.3, -0.25) is 0 Å². The number of hydrogen-bond acceptors (Lipinski definition) is 2. The van der Waals surface area contributed by atoms with Gasteiger partial charge in [0.1, 0.15) is 0 Å². The van der Waals surface area contributed by atoms with Crippen LogP contribution in [-0.4, -0.2) is 12.6 Å². The van der Waals surface area contributed by atoms with Crippen molar-refractivity contribution in [3.05, 3.63) is 12.2 Å². The molecule has 2 nitrogen and oxygen atoms in total. The molecule has 0 spiro atoms. The number of esters is 1. The van der Waals surface area contributed by atoms with Gasteiger partial charge in [-0.2, -0.15) is 0 Å². The second-order valence-corrected chi connectivity index (χ2v) is 4.93. The van der Waals surface area contributed by atoms with E-state index in [4.69, 9.17) is 4.74 Å². The summed E-state index contributed by atoms with van der Waals surface area (Å²) >= 11 is 0. The largest absolute Gasteiger partial charge is 0.462 e. The summed E-state index contributed by atoms with van der Waals surface area (Å²) in [5, 5.41) is 0. The van der Waals surface area contributed by atoms with Crippen molar-refractivity contribution >= 4 is 5.97 Å². The molecule has 0 bridgehead atoms. The number of carbonyl (C=O) groups excluding carboxylic acids is 1. The summed E-state index contributed by atoms with van der Waals surface area (Å²) < 4.78 is 5.14. The average molecular weight is 212 g/mol. The van der Waals surface area contributed by atoms with Gasteiger partial charge in [-0.25, -0.2) is 4.79 Å². The Hall–Kier alpha value is -0.790. The van der Waals surface area contributed by atoms with E-state index in [0.29, 0.717) is 12.2 Å². The van der Waals surface area contributed by atoms with Crippen molar-refractivity contribution in [2.24, 2.45) is 5.41 Å². The van der Waals surface area contributed by atoms with Crippen molar-refractivity contribution < 1.29 is 9.53 Å². The molecule has 0 aliphatic carbocycles. The number of rotatable bonds is 6. The van der Waals surface area contributed by atoms with Crippen LogP contribution in [0.25, 0.3) is 0 Å². The first-order valence-electron chi connectivity index (χ1n) is 5.76. The third-order valence-electron chi connectivity index (χ3n) is 2.38. The fourth-order valence-corrected chi connectivity index (χ4v) is 1.09. The summed E-state index contributed by atoms with van der Waals surface area (Å²) in [6.07, 6.45) is 4.49. The first kappa shape index (κ1) is 14.2. The molecule has 0 aliphatic rings. The zero-order valence-electron chi connectivity index (χ0n) is 10.6. The minimum Gasteiger partial charge on any atom is -0.462 e. The zero-order valence-corrected chi connectivity index (χ0v) is 10.6. The minimum absolute atomic E-state index is 0.194. The molecule has 0 aromatic heterocycles. The third-order valence-corrected chi connectivity index (χ3v) is 2.38. The summed E-state index contributed by atoms with van der Waals surface area (Å²) in [5.41, 5.74) is 0.360. The Kier molecular flexibility index (Phi) is 6.30. The lowest BCUT2D eigenvalue weighted by Crippen LogP contribution is -2.19. The molecule has 0 fully saturated rings. The van der Waals surface area contributed by atoms with Gasteiger partial charge in [0.05, 0.1) is 6.61 Å². The molecular weight excluding hydrogens is 188 g/mol. The maximum atomic E-state index is 11.5. The van der Waals surface area contributed by atoms with E-state index in [0.717, 1.165) is 12.8 Å². The van der Waals surface area contributed by atoms with Crippen LogP contribution in [0.3, 0.4) is 0 Å². The topological polar surface area (TPSA) is 26.3 Å². The average Bonchev–Trinajstić information content (AvgIpc) is 2.14. The van der Waals surface area contributed by atoms with E-state index in [1.807, 2.05) is 20.8 Å². The first-order valence-corrected chi connectivity index (χ1v) is 5.76. The van der Waals surface area contributed by atoms with E-state index >= 15 is 0 Å². The van der Waals surface area contributed by atoms with E-state index in [-0.39, 0.29) is 11.4 Å². The Bertz CT molecular complexity index is 211. The summed E-state index contributed by atoms with van der Waals surface area (Å²) in [4.78, 5) is 11.5. The second kappa shape index (κ2) is 6.65. The highest BCUT2D eigenvalue weighted by atomic mass is 16.5. The fourth-order valence-electron chi connectivity index (χ4n) is 1.09. The van der Waals surface area contributed by atoms with Crippen LogP contribution in [0, 0.1) is 5.41 Å². The molecule has 0 heterocycles. The van der Waals surface area contributed by atoms with Crippen LogP contribution in [0.5, 0.6) is 0 Å². The predicted molar refractivity (Wildman–Crippen MR) is 63.7 cm³/mol. The van der Waals surface area contributed by atoms with Crippen molar-refractivity contribution in [1.82, 2.24) is 0 Å². The van der Waals surface area contributed by atoms with Crippen LogP contribution in [0.1, 0.15) is 53.4 Å². The Morgan fingerprint density at radius 3 is 2.27 bits per heavy atom. The maximum absolute atomic E-state index is 11.5. The Morgan fingerprint density at radius 1 is 1.20 bits per heavy atom. The molecule has 0 unspecified atom stereocenters. The summed E-state index contributed by atoms with van der Waals surface area (Å²) in [7, 11) is 0. The van der Waals surface area contributed by atoms with Crippen molar-refractivity contribution in [3.8, 4) is 0 Å². The number of unbranched alkanes of at least 4 members (excludes halogenated alkanes) is 3. The smallest absolute Gasteiger partial charge is 0.333 e. The van der Waals surface area contributed by atoms with Crippen molar-refractivity contribution in [3.63, 3.8) is 0 Å². The predicted octanol–water partition coefficient (Wildman–Crippen LogP) is 3.71. The van der Waals surface area contributed by atoms with E-state index in [1.165, 1.54) is 12.8 Å². The zero-order chi connectivity index (χ0) is 11.9. The summed E-state index contributed by atoms with van der Waals surface area (Å²) in [6, 6.07) is 0. The van der Waals surface area contributed by atoms with Gasteiger partial charge >= 0.3 is 5.97 Å². The molecule has 0 aromatic rings. The summed E-state index contributed by atoms with van der Waals surface area (Å²) in [5.74, 6) is -0.251. The molecule has 0 atom stereocenters. The Labute approximate surface area is 93.7 Å². The molecule has 0 rings (SSSR count). The lowest BCUT2D eigenvalue weighted by atomic mass is 9.88. The van der Waals surface area contributed by atoms with Gasteiger partial charge in [-0.15, -0.1) is 0 Å². The Morgan fingerprint density at radius 2 is 1.80 bits per heavy atom. The highest BCUT2D eigenvalue weighted by molar-refractivity contribution is 5.88. The molecule has 0 amide bonds. The van der Waals surface area contributed by atoms with Crippen LogP contribution in [-0.2, 0) is 9.53 Å². The summed E-state index contributed by atoms with van der Waals surface area (Å²) in [6.45, 7) is 12.3. The van der Waals surface area contributed by atoms with Crippen molar-refractivity contribution in [2.75, 3.05) is 6.61 Å². The lowest BCUT2D eigenvalue weighted by molar-refractivity contribution is -0.140. The molecule has 0 aromatic carbocycles. The van der Waals surface area contributed by atoms with Crippen LogP contribution in [0.4, 0.5) is 0 Å². The van der Waals surface area contributed by atoms with Crippen LogP contribution < -0.4 is 0 Å². The van der Waals surface area contributed by atoms with E-state index < -0.39 is 0 Å². The lowest BCUT2D eigenvalue weighted by Gasteiger charge is -2.19. The van der Waals surface area contributed by atoms with E-state index in [9.17, 15) is 4.79 Å². The number of hydrogen-bond donors (Lipinski definition) is 0. The third kappa shape index (κ3) is 6.32. The van der Waals surface area contributed by atoms with Crippen LogP contribution >= 0.6 is 0 Å². The van der Waals surface area contributed by atoms with Gasteiger partial charge in [0.2, 0.25) is 0 Å². The van der Waals surface area contributed by atoms with Crippen LogP contribution in [0.15, 0.2) is 12.2 Å². The van der Waals surface area contributed by atoms with Gasteiger partial charge < -0.3 is 4.74 Å². The van der Waals surface area contributed by atoms with Crippen molar-refractivity contribution in [2.45, 2.75) is 53.4 Å². The van der Waals surface area contributed by atoms with Gasteiger partial charge in [0.15, 0.2) is 0 Å². The molecule has 0 radical (unpaired) electrons. The second-order valence-electron chi connectivity index (χ2n) is 4.93. The van der Waals surface area contributed by atoms with Crippen molar-refractivity contribution in [1.29, 1.82) is 0 Å². The molecule has 0 aliphatic heterocycles. The van der Waals surface area contributed by atoms with E-state index in [1.54, 1.807) is 0 Å². The molecule has 0 saturated carbocycles. The van der Waals surface area contributed by atoms with E-state index in [2.05, 4.69) is 13.5 Å². The quantitative estimate of drug-likeness (QED) is 0.381. The standard InChI is InChI=1S/C13H24O2/c1-6-7-8-9-10-15-12(14)11(2)13(3,4)5/h2,6-10H2,1,3-5H3. The monoisotopic (exact) mass is 212 g/mol. The fraction of sp³-hybridized carbons (Fsp3) is 0.769. The van der Waals surface area contributed by atoms with Gasteiger partial charge in [0.25, 0.3) is 0 Å². The first-order chi connectivity index (χ1) is 6.89. The molecule has 0 saturated heterocycles. The highest BCUT2D eigenvalue weighted by Gasteiger charge is 2.22. The normalized spacial score (nSPS) is 11.2. The number of carbonyl (C=O) groups is 1. The highest BCUT2D eigenvalue weighted by Crippen LogP contribution is 2.24. The van der Waals surface area contributed by atoms with Gasteiger partial charge in [-0.05, 0) is 11.8 Å². The van der Waals surface area contributed by atoms with Gasteiger partial charge in [-0.1, -0.05) is 53.5 Å². The molecule has 0 N–H and O–H groups in total. The minimum atomic E-state index is -0.251. The molecule has 15 heavy (non-hydrogen) atoms. The molecule has 88 valence electrons. The maximum Gasteiger partial charge on any atom is 0.333 e. The molecular formula is C13H24O2. The SMILES string of the molecule is C=C(C(=O)OCCCCCC)C(C)(C)C. The van der Waals surface area contributed by atoms with Gasteiger partial charge in [0, 0.05) is 5.57 Å². The number of ether oxygens (including phenoxy) is 1. The molecule has 2 heteroatoms.